The molecule has 2 aliphatic rings. The molecule has 29 heavy (non-hydrogen) atoms. The lowest BCUT2D eigenvalue weighted by Crippen LogP contribution is -2.40. The van der Waals surface area contributed by atoms with Crippen LogP contribution < -0.4 is 14.7 Å². The Morgan fingerprint density at radius 3 is 2.72 bits per heavy atom. The summed E-state index contributed by atoms with van der Waals surface area (Å²) in [4.78, 5) is 11.6. The highest BCUT2D eigenvalue weighted by Gasteiger charge is 2.39. The summed E-state index contributed by atoms with van der Waals surface area (Å²) in [6, 6.07) is 3.39. The van der Waals surface area contributed by atoms with Gasteiger partial charge in [-0.15, -0.1) is 10.2 Å². The highest BCUT2D eigenvalue weighted by atomic mass is 32.2. The molecule has 4 rings (SSSR count). The number of aromatic nitrogens is 2. The minimum absolute atomic E-state index is 0.0657. The minimum Gasteiger partial charge on any atom is -0.534 e. The number of carbonyl (C=O) groups is 1. The van der Waals surface area contributed by atoms with Crippen molar-refractivity contribution >= 4 is 47.9 Å². The molecule has 3 N–H and O–H groups in total. The predicted octanol–water partition coefficient (Wildman–Crippen LogP) is 2.20. The highest BCUT2D eigenvalue weighted by Crippen LogP contribution is 2.41. The van der Waals surface area contributed by atoms with Crippen molar-refractivity contribution in [1.29, 1.82) is 0 Å². The van der Waals surface area contributed by atoms with Gasteiger partial charge in [0.1, 0.15) is 17.1 Å². The molecule has 1 atom stereocenters. The Morgan fingerprint density at radius 1 is 1.31 bits per heavy atom. The molecule has 8 nitrogen and oxygen atoms in total. The van der Waals surface area contributed by atoms with E-state index in [1.54, 1.807) is 23.9 Å². The lowest BCUT2D eigenvalue weighted by molar-refractivity contribution is 0.0690. The van der Waals surface area contributed by atoms with Crippen molar-refractivity contribution < 1.29 is 24.3 Å². The summed E-state index contributed by atoms with van der Waals surface area (Å²) in [6.45, 7) is 2.07. The zero-order chi connectivity index (χ0) is 20.4. The number of ether oxygens (including phenoxy) is 1. The highest BCUT2D eigenvalue weighted by molar-refractivity contribution is 8.04. The third-order valence-electron chi connectivity index (χ3n) is 4.81. The summed E-state index contributed by atoms with van der Waals surface area (Å²) in [7, 11) is 0.253. The van der Waals surface area contributed by atoms with Crippen LogP contribution in [0.25, 0.3) is 0 Å². The van der Waals surface area contributed by atoms with E-state index < -0.39 is 13.1 Å². The number of fused-ring (bicyclic) bond motifs is 1. The first kappa shape index (κ1) is 20.8. The Hall–Kier alpha value is -1.47. The van der Waals surface area contributed by atoms with Crippen LogP contribution in [0.1, 0.15) is 28.8 Å². The lowest BCUT2D eigenvalue weighted by atomic mass is 9.77. The van der Waals surface area contributed by atoms with Crippen molar-refractivity contribution in [1.82, 2.24) is 15.5 Å². The van der Waals surface area contributed by atoms with Gasteiger partial charge in [-0.1, -0.05) is 40.9 Å². The number of nitrogens with one attached hydrogen (secondary N) is 1. The van der Waals surface area contributed by atoms with Crippen LogP contribution in [-0.4, -0.2) is 64.0 Å². The van der Waals surface area contributed by atoms with Gasteiger partial charge in [0.2, 0.25) is 0 Å². The van der Waals surface area contributed by atoms with E-state index in [-0.39, 0.29) is 22.2 Å². The van der Waals surface area contributed by atoms with Gasteiger partial charge in [0.05, 0.1) is 12.3 Å². The molecular formula is C17H20BN3O5S3. The van der Waals surface area contributed by atoms with E-state index in [2.05, 4.69) is 15.5 Å². The molecule has 2 aromatic rings. The molecule has 1 aromatic carbocycles. The largest absolute Gasteiger partial charge is 0.537 e. The third-order valence-corrected chi connectivity index (χ3v) is 8.47. The molecule has 12 heteroatoms. The molecule has 0 amide bonds. The maximum Gasteiger partial charge on any atom is 0.537 e. The lowest BCUT2D eigenvalue weighted by Gasteiger charge is -2.27. The van der Waals surface area contributed by atoms with E-state index >= 15 is 0 Å². The van der Waals surface area contributed by atoms with Crippen molar-refractivity contribution in [3.05, 3.63) is 23.3 Å². The van der Waals surface area contributed by atoms with E-state index in [0.29, 0.717) is 11.7 Å². The number of hydrogen-bond acceptors (Lipinski definition) is 10. The number of aromatic carboxylic acids is 1. The number of carboxylic acids is 1. The maximum absolute atomic E-state index is 11.6. The number of carboxylic acid groups (broad SMARTS) is 1. The van der Waals surface area contributed by atoms with Crippen molar-refractivity contribution in [2.24, 2.45) is 0 Å². The molecule has 0 aliphatic carbocycles. The average molecular weight is 453 g/mol. The fourth-order valence-corrected chi connectivity index (χ4v) is 7.10. The third kappa shape index (κ3) is 4.66. The SMILES string of the molecule is COc1ccc2c(c1C(=O)O)OB(O)[C@@H](Sc1nnc(SC3CCNCC3)s1)C2. The Labute approximate surface area is 180 Å². The van der Waals surface area contributed by atoms with Gasteiger partial charge in [-0.25, -0.2) is 4.79 Å². The summed E-state index contributed by atoms with van der Waals surface area (Å²) in [5, 5.41) is 32.1. The normalized spacial score (nSPS) is 19.5. The van der Waals surface area contributed by atoms with E-state index in [1.165, 1.54) is 30.2 Å². The molecule has 1 fully saturated rings. The van der Waals surface area contributed by atoms with Crippen LogP contribution in [0.2, 0.25) is 0 Å². The fourth-order valence-electron chi connectivity index (χ4n) is 3.37. The molecule has 0 saturated carbocycles. The molecule has 0 spiro atoms. The zero-order valence-corrected chi connectivity index (χ0v) is 18.1. The quantitative estimate of drug-likeness (QED) is 0.563. The van der Waals surface area contributed by atoms with E-state index in [9.17, 15) is 14.9 Å². The topological polar surface area (TPSA) is 114 Å². The van der Waals surface area contributed by atoms with E-state index in [4.69, 9.17) is 9.39 Å². The number of thioether (sulfide) groups is 2. The molecule has 1 saturated heterocycles. The Morgan fingerprint density at radius 2 is 2.03 bits per heavy atom. The van der Waals surface area contributed by atoms with Crippen molar-refractivity contribution in [2.45, 2.75) is 38.3 Å². The molecule has 0 unspecified atom stereocenters. The molecule has 1 aromatic heterocycles. The van der Waals surface area contributed by atoms with Gasteiger partial charge in [-0.05, 0) is 44.0 Å². The van der Waals surface area contributed by atoms with Crippen LogP contribution in [-0.2, 0) is 6.42 Å². The number of nitrogens with zero attached hydrogens (tertiary/aromatic N) is 2. The van der Waals surface area contributed by atoms with Gasteiger partial charge in [0, 0.05) is 5.25 Å². The minimum atomic E-state index is -1.15. The second-order valence-corrected chi connectivity index (χ2v) is 10.7. The summed E-state index contributed by atoms with van der Waals surface area (Å²) in [6.07, 6.45) is 2.70. The molecule has 3 heterocycles. The van der Waals surface area contributed by atoms with Gasteiger partial charge >= 0.3 is 13.1 Å². The van der Waals surface area contributed by atoms with E-state index in [1.807, 2.05) is 0 Å². The predicted molar refractivity (Wildman–Crippen MR) is 114 cm³/mol. The summed E-state index contributed by atoms with van der Waals surface area (Å²) < 4.78 is 12.4. The molecular weight excluding hydrogens is 433 g/mol. The van der Waals surface area contributed by atoms with Crippen LogP contribution in [0.3, 0.4) is 0 Å². The first-order valence-corrected chi connectivity index (χ1v) is 11.8. The number of rotatable bonds is 6. The van der Waals surface area contributed by atoms with Crippen LogP contribution in [0.4, 0.5) is 0 Å². The van der Waals surface area contributed by atoms with Crippen molar-refractivity contribution in [2.75, 3.05) is 20.2 Å². The number of methoxy groups -OCH3 is 1. The Bertz CT molecular complexity index is 893. The molecule has 154 valence electrons. The van der Waals surface area contributed by atoms with Gasteiger partial charge in [0.15, 0.2) is 8.68 Å². The van der Waals surface area contributed by atoms with Crippen LogP contribution in [0, 0.1) is 0 Å². The molecule has 2 aliphatic heterocycles. The monoisotopic (exact) mass is 453 g/mol. The standard InChI is InChI=1S/C17H20BN3O5S3/c1-25-11-3-2-9-8-12(18(24)26-14(9)13(11)15(22)23)28-17-21-20-16(29-17)27-10-4-6-19-7-5-10/h2-3,10,12,19,24H,4-8H2,1H3,(H,22,23)/t12-/m0/s1. The van der Waals surface area contributed by atoms with E-state index in [0.717, 1.165) is 40.2 Å². The summed E-state index contributed by atoms with van der Waals surface area (Å²) in [5.41, 5.74) is 0.656. The molecule has 0 radical (unpaired) electrons. The first-order chi connectivity index (χ1) is 14.0. The van der Waals surface area contributed by atoms with Gasteiger partial charge in [-0.2, -0.15) is 0 Å². The summed E-state index contributed by atoms with van der Waals surface area (Å²) in [5.74, 6) is -0.778. The van der Waals surface area contributed by atoms with Gasteiger partial charge in [0.25, 0.3) is 0 Å². The second kappa shape index (κ2) is 9.13. The molecule has 0 bridgehead atoms. The summed E-state index contributed by atoms with van der Waals surface area (Å²) >= 11 is 4.69. The smallest absolute Gasteiger partial charge is 0.534 e. The fraction of sp³-hybridized carbons (Fsp3) is 0.471. The second-order valence-electron chi connectivity index (χ2n) is 6.71. The van der Waals surface area contributed by atoms with Gasteiger partial charge in [-0.3, -0.25) is 0 Å². The van der Waals surface area contributed by atoms with Crippen molar-refractivity contribution in [3.8, 4) is 11.5 Å². The number of piperidine rings is 1. The van der Waals surface area contributed by atoms with Crippen molar-refractivity contribution in [3.63, 3.8) is 0 Å². The van der Waals surface area contributed by atoms with Crippen LogP contribution in [0.5, 0.6) is 11.5 Å². The van der Waals surface area contributed by atoms with Gasteiger partial charge < -0.3 is 24.8 Å². The average Bonchev–Trinajstić information content (AvgIpc) is 3.15. The number of benzene rings is 1. The Kier molecular flexibility index (Phi) is 6.55. The van der Waals surface area contributed by atoms with Crippen LogP contribution >= 0.6 is 34.9 Å². The van der Waals surface area contributed by atoms with Crippen LogP contribution in [0.15, 0.2) is 20.8 Å². The number of hydrogen-bond donors (Lipinski definition) is 3. The first-order valence-electron chi connectivity index (χ1n) is 9.20. The maximum atomic E-state index is 11.6. The zero-order valence-electron chi connectivity index (χ0n) is 15.7. The Balaban J connectivity index is 1.46.